The summed E-state index contributed by atoms with van der Waals surface area (Å²) in [6.45, 7) is 3.80. The minimum Gasteiger partial charge on any atom is -0.452 e. The van der Waals surface area contributed by atoms with Crippen LogP contribution in [0.15, 0.2) is 65.2 Å². The molecule has 0 N–H and O–H groups in total. The van der Waals surface area contributed by atoms with E-state index in [2.05, 4.69) is 15.0 Å². The van der Waals surface area contributed by atoms with Crippen LogP contribution in [0, 0.1) is 6.92 Å². The molecule has 8 nitrogen and oxygen atoms in total. The van der Waals surface area contributed by atoms with E-state index in [-0.39, 0.29) is 23.8 Å². The molecule has 35 heavy (non-hydrogen) atoms. The summed E-state index contributed by atoms with van der Waals surface area (Å²) in [4.78, 5) is 34.2. The lowest BCUT2D eigenvalue weighted by molar-refractivity contribution is -0.134. The van der Waals surface area contributed by atoms with Crippen LogP contribution in [0.5, 0.6) is 0 Å². The number of pyridine rings is 1. The first-order valence-corrected chi connectivity index (χ1v) is 11.7. The minimum atomic E-state index is -0.619. The molecule has 3 heterocycles. The lowest BCUT2D eigenvalue weighted by Crippen LogP contribution is -2.49. The fraction of sp³-hybridized carbons (Fsp3) is 0.231. The highest BCUT2D eigenvalue weighted by atomic mass is 35.5. The number of amides is 1. The predicted molar refractivity (Wildman–Crippen MR) is 133 cm³/mol. The van der Waals surface area contributed by atoms with Crippen LogP contribution in [0.4, 0.5) is 5.69 Å². The number of aromatic nitrogens is 2. The van der Waals surface area contributed by atoms with Gasteiger partial charge in [-0.15, -0.1) is 0 Å². The molecule has 1 fully saturated rings. The van der Waals surface area contributed by atoms with Gasteiger partial charge in [-0.25, -0.2) is 9.78 Å². The Morgan fingerprint density at radius 3 is 2.54 bits per heavy atom. The van der Waals surface area contributed by atoms with Crippen molar-refractivity contribution in [3.8, 4) is 11.3 Å². The van der Waals surface area contributed by atoms with Crippen molar-refractivity contribution in [3.05, 3.63) is 76.9 Å². The van der Waals surface area contributed by atoms with E-state index in [0.29, 0.717) is 48.0 Å². The number of aryl methyl sites for hydroxylation is 1. The molecule has 9 heteroatoms. The average molecular weight is 491 g/mol. The van der Waals surface area contributed by atoms with Crippen molar-refractivity contribution in [3.63, 3.8) is 0 Å². The standard InChI is InChI=1S/C26H23ClN4O4/c1-17-24-21(15-22(28-25(24)35-29-17)18-6-3-2-4-7-18)26(33)34-16-23(32)31-12-10-30(11-13-31)20-9-5-8-19(27)14-20/h2-9,14-15H,10-13,16H2,1H3. The van der Waals surface area contributed by atoms with Crippen LogP contribution in [0.1, 0.15) is 16.1 Å². The lowest BCUT2D eigenvalue weighted by atomic mass is 10.1. The van der Waals surface area contributed by atoms with Crippen molar-refractivity contribution in [1.29, 1.82) is 0 Å². The van der Waals surface area contributed by atoms with Crippen LogP contribution >= 0.6 is 11.6 Å². The molecule has 1 saturated heterocycles. The van der Waals surface area contributed by atoms with Gasteiger partial charge in [-0.2, -0.15) is 0 Å². The molecular formula is C26H23ClN4O4. The number of benzene rings is 2. The maximum absolute atomic E-state index is 13.0. The molecule has 4 aromatic rings. The van der Waals surface area contributed by atoms with E-state index in [1.165, 1.54) is 0 Å². The Kier molecular flexibility index (Phi) is 6.37. The molecule has 0 spiro atoms. The van der Waals surface area contributed by atoms with Crippen molar-refractivity contribution in [2.45, 2.75) is 6.92 Å². The number of carbonyl (C=O) groups is 2. The van der Waals surface area contributed by atoms with E-state index in [9.17, 15) is 9.59 Å². The summed E-state index contributed by atoms with van der Waals surface area (Å²) in [5.74, 6) is -0.855. The Labute approximate surface area is 207 Å². The second-order valence-corrected chi connectivity index (χ2v) is 8.73. The second-order valence-electron chi connectivity index (χ2n) is 8.29. The summed E-state index contributed by atoms with van der Waals surface area (Å²) in [6, 6.07) is 18.7. The quantitative estimate of drug-likeness (QED) is 0.384. The topological polar surface area (TPSA) is 88.8 Å². The number of nitrogens with zero attached hydrogens (tertiary/aromatic N) is 4. The third-order valence-electron chi connectivity index (χ3n) is 6.04. The van der Waals surface area contributed by atoms with Crippen LogP contribution in [-0.4, -0.2) is 59.7 Å². The number of halogens is 1. The Morgan fingerprint density at radius 1 is 1.03 bits per heavy atom. The van der Waals surface area contributed by atoms with Crippen molar-refractivity contribution < 1.29 is 18.8 Å². The van der Waals surface area contributed by atoms with E-state index in [1.807, 2.05) is 54.6 Å². The van der Waals surface area contributed by atoms with Gasteiger partial charge in [-0.1, -0.05) is 53.2 Å². The van der Waals surface area contributed by atoms with Crippen LogP contribution in [-0.2, 0) is 9.53 Å². The Morgan fingerprint density at radius 2 is 1.80 bits per heavy atom. The van der Waals surface area contributed by atoms with E-state index in [0.717, 1.165) is 11.3 Å². The maximum atomic E-state index is 13.0. The number of hydrogen-bond acceptors (Lipinski definition) is 7. The number of ether oxygens (including phenoxy) is 1. The summed E-state index contributed by atoms with van der Waals surface area (Å²) in [7, 11) is 0. The summed E-state index contributed by atoms with van der Waals surface area (Å²) in [5.41, 5.74) is 3.46. The first-order chi connectivity index (χ1) is 17.0. The van der Waals surface area contributed by atoms with Gasteiger partial charge < -0.3 is 19.1 Å². The number of piperazine rings is 1. The zero-order chi connectivity index (χ0) is 24.4. The minimum absolute atomic E-state index is 0.236. The molecule has 1 aliphatic rings. The molecule has 0 bridgehead atoms. The molecule has 5 rings (SSSR count). The summed E-state index contributed by atoms with van der Waals surface area (Å²) < 4.78 is 10.8. The fourth-order valence-corrected chi connectivity index (χ4v) is 4.38. The van der Waals surface area contributed by atoms with Crippen LogP contribution in [0.3, 0.4) is 0 Å². The van der Waals surface area contributed by atoms with Crippen molar-refractivity contribution in [2.24, 2.45) is 0 Å². The van der Waals surface area contributed by atoms with Gasteiger partial charge in [0, 0.05) is 42.5 Å². The average Bonchev–Trinajstić information content (AvgIpc) is 3.27. The largest absolute Gasteiger partial charge is 0.452 e. The lowest BCUT2D eigenvalue weighted by Gasteiger charge is -2.36. The maximum Gasteiger partial charge on any atom is 0.339 e. The Balaban J connectivity index is 1.26. The van der Waals surface area contributed by atoms with E-state index in [4.69, 9.17) is 20.9 Å². The van der Waals surface area contributed by atoms with Crippen LogP contribution in [0.25, 0.3) is 22.4 Å². The zero-order valence-corrected chi connectivity index (χ0v) is 19.9. The van der Waals surface area contributed by atoms with Gasteiger partial charge >= 0.3 is 5.97 Å². The zero-order valence-electron chi connectivity index (χ0n) is 19.1. The van der Waals surface area contributed by atoms with Gasteiger partial charge in [0.05, 0.1) is 22.3 Å². The summed E-state index contributed by atoms with van der Waals surface area (Å²) in [6.07, 6.45) is 0. The Bertz CT molecular complexity index is 1380. The molecule has 1 amide bonds. The van der Waals surface area contributed by atoms with Gasteiger partial charge in [0.2, 0.25) is 0 Å². The molecule has 0 unspecified atom stereocenters. The molecule has 0 aliphatic carbocycles. The monoisotopic (exact) mass is 490 g/mol. The van der Waals surface area contributed by atoms with E-state index >= 15 is 0 Å². The molecular weight excluding hydrogens is 468 g/mol. The van der Waals surface area contributed by atoms with Crippen LogP contribution in [0.2, 0.25) is 5.02 Å². The van der Waals surface area contributed by atoms with Gasteiger partial charge in [0.1, 0.15) is 0 Å². The molecule has 0 atom stereocenters. The highest BCUT2D eigenvalue weighted by molar-refractivity contribution is 6.30. The van der Waals surface area contributed by atoms with Gasteiger partial charge in [0.15, 0.2) is 6.61 Å². The SMILES string of the molecule is Cc1noc2nc(-c3ccccc3)cc(C(=O)OCC(=O)N3CCN(c4cccc(Cl)c4)CC3)c12. The predicted octanol–water partition coefficient (Wildman–Crippen LogP) is 4.36. The summed E-state index contributed by atoms with van der Waals surface area (Å²) >= 11 is 6.09. The number of fused-ring (bicyclic) bond motifs is 1. The number of carbonyl (C=O) groups excluding carboxylic acids is 2. The number of anilines is 1. The molecule has 1 aliphatic heterocycles. The van der Waals surface area contributed by atoms with Gasteiger partial charge in [-0.3, -0.25) is 4.79 Å². The fourth-order valence-electron chi connectivity index (χ4n) is 4.20. The molecule has 2 aromatic heterocycles. The normalized spacial score (nSPS) is 13.8. The van der Waals surface area contributed by atoms with Crippen molar-refractivity contribution in [1.82, 2.24) is 15.0 Å². The molecule has 178 valence electrons. The first kappa shape index (κ1) is 22.9. The van der Waals surface area contributed by atoms with Crippen molar-refractivity contribution >= 4 is 40.3 Å². The number of hydrogen-bond donors (Lipinski definition) is 0. The Hall–Kier alpha value is -3.91. The third kappa shape index (κ3) is 4.83. The van der Waals surface area contributed by atoms with E-state index < -0.39 is 5.97 Å². The third-order valence-corrected chi connectivity index (χ3v) is 6.27. The van der Waals surface area contributed by atoms with Gasteiger partial charge in [-0.05, 0) is 31.2 Å². The smallest absolute Gasteiger partial charge is 0.339 e. The first-order valence-electron chi connectivity index (χ1n) is 11.3. The van der Waals surface area contributed by atoms with Crippen LogP contribution < -0.4 is 4.90 Å². The highest BCUT2D eigenvalue weighted by Crippen LogP contribution is 2.27. The summed E-state index contributed by atoms with van der Waals surface area (Å²) in [5, 5.41) is 5.11. The molecule has 0 saturated carbocycles. The highest BCUT2D eigenvalue weighted by Gasteiger charge is 2.25. The van der Waals surface area contributed by atoms with Crippen molar-refractivity contribution in [2.75, 3.05) is 37.7 Å². The van der Waals surface area contributed by atoms with E-state index in [1.54, 1.807) is 17.9 Å². The van der Waals surface area contributed by atoms with Gasteiger partial charge in [0.25, 0.3) is 11.6 Å². The number of rotatable bonds is 5. The molecule has 2 aromatic carbocycles. The molecule has 0 radical (unpaired) electrons. The second kappa shape index (κ2) is 9.76. The number of esters is 1.